The first-order valence-corrected chi connectivity index (χ1v) is 9.86. The number of hydrogen-bond donors (Lipinski definition) is 0. The Hall–Kier alpha value is -3.15. The lowest BCUT2D eigenvalue weighted by Crippen LogP contribution is -2.21. The number of rotatable bonds is 4. The molecule has 0 saturated heterocycles. The molecule has 1 aliphatic rings. The average Bonchev–Trinajstić information content (AvgIpc) is 3.27. The summed E-state index contributed by atoms with van der Waals surface area (Å²) in [6.45, 7) is 3.26. The second kappa shape index (κ2) is 7.94. The normalized spacial score (nSPS) is 15.1. The quantitative estimate of drug-likeness (QED) is 0.356. The molecule has 0 fully saturated rings. The smallest absolute Gasteiger partial charge is 0.280 e. The summed E-state index contributed by atoms with van der Waals surface area (Å²) in [6.07, 6.45) is 1.64. The number of carbonyl (C=O) groups is 2. The Kier molecular flexibility index (Phi) is 5.33. The van der Waals surface area contributed by atoms with Gasteiger partial charge in [0, 0.05) is 21.2 Å². The molecule has 1 aliphatic heterocycles. The molecule has 0 unspecified atom stereocenters. The zero-order valence-corrected chi connectivity index (χ0v) is 17.7. The zero-order valence-electron chi connectivity index (χ0n) is 16.1. The minimum Gasteiger partial charge on any atom is -0.457 e. The van der Waals surface area contributed by atoms with Crippen LogP contribution in [0.25, 0.3) is 17.4 Å². The van der Waals surface area contributed by atoms with E-state index in [1.54, 1.807) is 61.5 Å². The number of carbonyl (C=O) groups excluding carboxylic acids is 2. The lowest BCUT2D eigenvalue weighted by Gasteiger charge is -2.12. The van der Waals surface area contributed by atoms with Crippen molar-refractivity contribution in [2.24, 2.45) is 5.10 Å². The number of anilines is 1. The molecule has 4 rings (SSSR count). The second-order valence-corrected chi connectivity index (χ2v) is 7.70. The summed E-state index contributed by atoms with van der Waals surface area (Å²) in [7, 11) is 0. The highest BCUT2D eigenvalue weighted by Gasteiger charge is 2.29. The number of Topliss-reactive ketones (excluding diaryl/α,β-unsaturated/α-hetero) is 1. The van der Waals surface area contributed by atoms with E-state index in [0.29, 0.717) is 44.1 Å². The van der Waals surface area contributed by atoms with E-state index < -0.39 is 0 Å². The summed E-state index contributed by atoms with van der Waals surface area (Å²) in [6, 6.07) is 15.6. The Balaban J connectivity index is 1.63. The Morgan fingerprint density at radius 3 is 2.50 bits per heavy atom. The second-order valence-electron chi connectivity index (χ2n) is 6.83. The van der Waals surface area contributed by atoms with Gasteiger partial charge < -0.3 is 4.42 Å². The van der Waals surface area contributed by atoms with Crippen LogP contribution in [0.2, 0.25) is 10.0 Å². The van der Waals surface area contributed by atoms with Crippen LogP contribution in [0.15, 0.2) is 69.7 Å². The number of ketones is 1. The lowest BCUT2D eigenvalue weighted by molar-refractivity contribution is -0.114. The van der Waals surface area contributed by atoms with E-state index in [4.69, 9.17) is 27.6 Å². The maximum atomic E-state index is 12.9. The van der Waals surface area contributed by atoms with Gasteiger partial charge in [0.15, 0.2) is 5.78 Å². The fourth-order valence-corrected chi connectivity index (χ4v) is 3.65. The van der Waals surface area contributed by atoms with Gasteiger partial charge in [-0.1, -0.05) is 41.4 Å². The monoisotopic (exact) mass is 438 g/mol. The number of amides is 1. The van der Waals surface area contributed by atoms with Crippen molar-refractivity contribution < 1.29 is 14.0 Å². The molecule has 0 spiro atoms. The van der Waals surface area contributed by atoms with Crippen LogP contribution in [0.5, 0.6) is 0 Å². The van der Waals surface area contributed by atoms with Crippen molar-refractivity contribution in [3.63, 3.8) is 0 Å². The largest absolute Gasteiger partial charge is 0.457 e. The number of furan rings is 1. The SMILES string of the molecule is CC(=O)c1cccc(-c2ccc(/C=C3/C(=O)N(c4cc(Cl)cc(Cl)c4)N=C3C)o2)c1. The first-order chi connectivity index (χ1) is 14.3. The molecule has 7 heteroatoms. The molecule has 0 aliphatic carbocycles. The Labute approximate surface area is 183 Å². The topological polar surface area (TPSA) is 62.9 Å². The molecule has 0 atom stereocenters. The highest BCUT2D eigenvalue weighted by Crippen LogP contribution is 2.31. The Bertz CT molecular complexity index is 1220. The van der Waals surface area contributed by atoms with Crippen LogP contribution < -0.4 is 5.01 Å². The van der Waals surface area contributed by atoms with Crippen molar-refractivity contribution in [1.29, 1.82) is 0 Å². The van der Waals surface area contributed by atoms with Crippen LogP contribution in [0.3, 0.4) is 0 Å². The lowest BCUT2D eigenvalue weighted by atomic mass is 10.1. The summed E-state index contributed by atoms with van der Waals surface area (Å²) in [4.78, 5) is 24.5. The van der Waals surface area contributed by atoms with Crippen LogP contribution in [0.1, 0.15) is 30.0 Å². The third-order valence-corrected chi connectivity index (χ3v) is 5.06. The Morgan fingerprint density at radius 2 is 1.80 bits per heavy atom. The number of hydrogen-bond acceptors (Lipinski definition) is 4. The predicted molar refractivity (Wildman–Crippen MR) is 119 cm³/mol. The maximum Gasteiger partial charge on any atom is 0.280 e. The molecule has 1 aromatic heterocycles. The molecule has 0 radical (unpaired) electrons. The summed E-state index contributed by atoms with van der Waals surface area (Å²) in [5.74, 6) is 0.781. The molecular weight excluding hydrogens is 423 g/mol. The van der Waals surface area contributed by atoms with Gasteiger partial charge in [-0.2, -0.15) is 10.1 Å². The van der Waals surface area contributed by atoms with Gasteiger partial charge in [-0.25, -0.2) is 0 Å². The van der Waals surface area contributed by atoms with Crippen molar-refractivity contribution in [2.45, 2.75) is 13.8 Å². The molecule has 2 aromatic carbocycles. The number of benzene rings is 2. The first-order valence-electron chi connectivity index (χ1n) is 9.11. The van der Waals surface area contributed by atoms with Gasteiger partial charge in [-0.15, -0.1) is 0 Å². The number of nitrogens with zero attached hydrogens (tertiary/aromatic N) is 2. The van der Waals surface area contributed by atoms with Gasteiger partial charge in [0.2, 0.25) is 0 Å². The standard InChI is InChI=1S/C23H16Cl2N2O3/c1-13-21(23(29)27(26-13)19-10-17(24)9-18(25)11-19)12-20-6-7-22(30-20)16-5-3-4-15(8-16)14(2)28/h3-12H,1-2H3/b21-12+. The molecule has 3 aromatic rings. The van der Waals surface area contributed by atoms with Crippen molar-refractivity contribution >= 4 is 52.4 Å². The summed E-state index contributed by atoms with van der Waals surface area (Å²) in [5.41, 5.74) is 2.83. The fraction of sp³-hybridized carbons (Fsp3) is 0.0870. The molecule has 30 heavy (non-hydrogen) atoms. The van der Waals surface area contributed by atoms with E-state index in [9.17, 15) is 9.59 Å². The third kappa shape index (κ3) is 3.95. The molecule has 5 nitrogen and oxygen atoms in total. The van der Waals surface area contributed by atoms with E-state index in [1.807, 2.05) is 6.07 Å². The number of hydrazone groups is 1. The van der Waals surface area contributed by atoms with Crippen LogP contribution in [0.4, 0.5) is 5.69 Å². The van der Waals surface area contributed by atoms with Gasteiger partial charge in [-0.3, -0.25) is 9.59 Å². The minimum atomic E-state index is -0.303. The van der Waals surface area contributed by atoms with Gasteiger partial charge in [-0.05, 0) is 56.3 Å². The van der Waals surface area contributed by atoms with E-state index in [0.717, 1.165) is 5.56 Å². The van der Waals surface area contributed by atoms with E-state index in [-0.39, 0.29) is 11.7 Å². The van der Waals surface area contributed by atoms with Crippen LogP contribution in [0, 0.1) is 0 Å². The van der Waals surface area contributed by atoms with Gasteiger partial charge >= 0.3 is 0 Å². The molecule has 0 bridgehead atoms. The van der Waals surface area contributed by atoms with Crippen LogP contribution in [-0.4, -0.2) is 17.4 Å². The first kappa shape index (κ1) is 20.1. The van der Waals surface area contributed by atoms with Crippen molar-refractivity contribution in [2.75, 3.05) is 5.01 Å². The summed E-state index contributed by atoms with van der Waals surface area (Å²) < 4.78 is 5.89. The molecule has 2 heterocycles. The van der Waals surface area contributed by atoms with E-state index >= 15 is 0 Å². The van der Waals surface area contributed by atoms with Crippen molar-refractivity contribution in [1.82, 2.24) is 0 Å². The Morgan fingerprint density at radius 1 is 1.07 bits per heavy atom. The third-order valence-electron chi connectivity index (χ3n) is 4.62. The zero-order chi connectivity index (χ0) is 21.4. The molecular formula is C23H16Cl2N2O3. The molecule has 150 valence electrons. The van der Waals surface area contributed by atoms with E-state index in [1.165, 1.54) is 11.9 Å². The van der Waals surface area contributed by atoms with Crippen LogP contribution >= 0.6 is 23.2 Å². The maximum absolute atomic E-state index is 12.9. The number of halogens is 2. The average molecular weight is 439 g/mol. The molecule has 0 N–H and O–H groups in total. The molecule has 0 saturated carbocycles. The predicted octanol–water partition coefficient (Wildman–Crippen LogP) is 6.26. The van der Waals surface area contributed by atoms with Crippen molar-refractivity contribution in [3.8, 4) is 11.3 Å². The van der Waals surface area contributed by atoms with Crippen molar-refractivity contribution in [3.05, 3.63) is 81.5 Å². The van der Waals surface area contributed by atoms with Crippen LogP contribution in [-0.2, 0) is 4.79 Å². The van der Waals surface area contributed by atoms with Gasteiger partial charge in [0.05, 0.1) is 17.0 Å². The van der Waals surface area contributed by atoms with E-state index in [2.05, 4.69) is 5.10 Å². The molecule has 1 amide bonds. The summed E-state index contributed by atoms with van der Waals surface area (Å²) in [5, 5.41) is 6.43. The van der Waals surface area contributed by atoms with Gasteiger partial charge in [0.1, 0.15) is 11.5 Å². The highest BCUT2D eigenvalue weighted by molar-refractivity contribution is 6.36. The summed E-state index contributed by atoms with van der Waals surface area (Å²) >= 11 is 12.1. The fourth-order valence-electron chi connectivity index (χ4n) is 3.14. The van der Waals surface area contributed by atoms with Gasteiger partial charge in [0.25, 0.3) is 5.91 Å². The minimum absolute atomic E-state index is 0.0182. The highest BCUT2D eigenvalue weighted by atomic mass is 35.5.